The van der Waals surface area contributed by atoms with E-state index in [9.17, 15) is 9.59 Å². The topological polar surface area (TPSA) is 80.3 Å². The van der Waals surface area contributed by atoms with Gasteiger partial charge in [0.25, 0.3) is 0 Å². The van der Waals surface area contributed by atoms with Crippen LogP contribution in [-0.4, -0.2) is 69.8 Å². The molecule has 1 fully saturated rings. The van der Waals surface area contributed by atoms with Gasteiger partial charge >= 0.3 is 5.97 Å². The van der Waals surface area contributed by atoms with E-state index in [-0.39, 0.29) is 12.5 Å². The molecule has 0 radical (unpaired) electrons. The molecule has 2 aromatic rings. The van der Waals surface area contributed by atoms with Gasteiger partial charge in [0, 0.05) is 32.3 Å². The Hall–Kier alpha value is -3.52. The molecule has 35 heavy (non-hydrogen) atoms. The summed E-state index contributed by atoms with van der Waals surface area (Å²) in [7, 11) is 1.58. The minimum Gasteiger partial charge on any atom is -0.493 e. The zero-order valence-electron chi connectivity index (χ0n) is 21.0. The van der Waals surface area contributed by atoms with E-state index in [2.05, 4.69) is 22.0 Å². The minimum atomic E-state index is -0.414. The lowest BCUT2D eigenvalue weighted by molar-refractivity contribution is -0.111. The first-order chi connectivity index (χ1) is 17.0. The van der Waals surface area contributed by atoms with Gasteiger partial charge in [-0.3, -0.25) is 4.79 Å². The van der Waals surface area contributed by atoms with Crippen LogP contribution < -0.4 is 19.7 Å². The molecular formula is C27H35N3O5. The Labute approximate surface area is 207 Å². The molecule has 1 heterocycles. The van der Waals surface area contributed by atoms with Gasteiger partial charge in [-0.05, 0) is 62.4 Å². The van der Waals surface area contributed by atoms with Crippen molar-refractivity contribution in [3.63, 3.8) is 0 Å². The molecule has 0 atom stereocenters. The van der Waals surface area contributed by atoms with Crippen molar-refractivity contribution < 1.29 is 23.8 Å². The van der Waals surface area contributed by atoms with Gasteiger partial charge < -0.3 is 29.3 Å². The van der Waals surface area contributed by atoms with Gasteiger partial charge in [-0.2, -0.15) is 0 Å². The van der Waals surface area contributed by atoms with Crippen molar-refractivity contribution in [1.29, 1.82) is 0 Å². The number of carbonyl (C=O) groups excluding carboxylic acids is 2. The predicted molar refractivity (Wildman–Crippen MR) is 139 cm³/mol. The molecule has 0 bridgehead atoms. The fourth-order valence-electron chi connectivity index (χ4n) is 3.97. The highest BCUT2D eigenvalue weighted by Gasteiger charge is 2.20. The molecule has 0 unspecified atom stereocenters. The van der Waals surface area contributed by atoms with E-state index in [4.69, 9.17) is 14.2 Å². The normalized spacial score (nSPS) is 14.1. The van der Waals surface area contributed by atoms with Crippen LogP contribution in [0, 0.1) is 0 Å². The van der Waals surface area contributed by atoms with Gasteiger partial charge in [-0.1, -0.05) is 13.0 Å². The first kappa shape index (κ1) is 26.1. The Bertz CT molecular complexity index is 1050. The molecule has 0 aromatic heterocycles. The molecular weight excluding hydrogens is 446 g/mol. The Morgan fingerprint density at radius 2 is 1.74 bits per heavy atom. The number of likely N-dealkylation sites (N-methyl/N-ethyl adjacent to an activating group) is 1. The van der Waals surface area contributed by atoms with E-state index in [1.807, 2.05) is 31.2 Å². The molecule has 0 aliphatic carbocycles. The monoisotopic (exact) mass is 481 g/mol. The summed E-state index contributed by atoms with van der Waals surface area (Å²) in [4.78, 5) is 29.8. The van der Waals surface area contributed by atoms with Crippen LogP contribution in [0.3, 0.4) is 0 Å². The van der Waals surface area contributed by atoms with Crippen LogP contribution >= 0.6 is 0 Å². The molecule has 0 saturated carbocycles. The van der Waals surface area contributed by atoms with Crippen molar-refractivity contribution in [2.45, 2.75) is 20.8 Å². The number of carbonyl (C=O) groups is 2. The van der Waals surface area contributed by atoms with Crippen LogP contribution in [0.1, 0.15) is 36.7 Å². The molecule has 1 N–H and O–H groups in total. The van der Waals surface area contributed by atoms with Crippen LogP contribution in [0.25, 0.3) is 6.08 Å². The third-order valence-electron chi connectivity index (χ3n) is 5.84. The van der Waals surface area contributed by atoms with Crippen LogP contribution in [0.5, 0.6) is 11.5 Å². The van der Waals surface area contributed by atoms with Gasteiger partial charge in [0.05, 0.1) is 37.3 Å². The van der Waals surface area contributed by atoms with Gasteiger partial charge in [0.1, 0.15) is 0 Å². The quantitative estimate of drug-likeness (QED) is 0.405. The zero-order valence-corrected chi connectivity index (χ0v) is 21.0. The maximum absolute atomic E-state index is 12.9. The molecule has 3 rings (SSSR count). The average Bonchev–Trinajstić information content (AvgIpc) is 2.88. The number of amides is 1. The fraction of sp³-hybridized carbons (Fsp3) is 0.407. The van der Waals surface area contributed by atoms with E-state index in [0.29, 0.717) is 29.4 Å². The Kier molecular flexibility index (Phi) is 9.55. The number of benzene rings is 2. The fourth-order valence-corrected chi connectivity index (χ4v) is 3.97. The lowest BCUT2D eigenvalue weighted by Gasteiger charge is -2.36. The molecule has 2 aromatic carbocycles. The number of nitrogens with zero attached hydrogens (tertiary/aromatic N) is 2. The highest BCUT2D eigenvalue weighted by molar-refractivity contribution is 6.05. The van der Waals surface area contributed by atoms with E-state index in [0.717, 1.165) is 44.0 Å². The van der Waals surface area contributed by atoms with Crippen molar-refractivity contribution in [3.8, 4) is 11.5 Å². The number of piperazine rings is 1. The van der Waals surface area contributed by atoms with E-state index < -0.39 is 5.97 Å². The SMILES string of the molecule is CCOC(=O)c1ccc(N2CCN(CC)CC2)c(NC(=O)/C=C/c2ccc(OCC)c(OC)c2)c1. The van der Waals surface area contributed by atoms with Gasteiger partial charge in [0.15, 0.2) is 11.5 Å². The van der Waals surface area contributed by atoms with Crippen molar-refractivity contribution >= 4 is 29.3 Å². The Balaban J connectivity index is 1.80. The molecule has 0 spiro atoms. The summed E-state index contributed by atoms with van der Waals surface area (Å²) in [6.07, 6.45) is 3.17. The lowest BCUT2D eigenvalue weighted by Crippen LogP contribution is -2.46. The van der Waals surface area contributed by atoms with E-state index >= 15 is 0 Å². The molecule has 1 saturated heterocycles. The molecule has 188 valence electrons. The molecule has 1 aliphatic rings. The summed E-state index contributed by atoms with van der Waals surface area (Å²) in [5.41, 5.74) is 2.67. The van der Waals surface area contributed by atoms with Crippen molar-refractivity contribution in [2.75, 3.05) is 63.3 Å². The van der Waals surface area contributed by atoms with Gasteiger partial charge in [-0.25, -0.2) is 4.79 Å². The number of rotatable bonds is 10. The maximum atomic E-state index is 12.9. The number of methoxy groups -OCH3 is 1. The van der Waals surface area contributed by atoms with E-state index in [1.165, 1.54) is 6.08 Å². The molecule has 8 heteroatoms. The van der Waals surface area contributed by atoms with Gasteiger partial charge in [0.2, 0.25) is 5.91 Å². The smallest absolute Gasteiger partial charge is 0.338 e. The van der Waals surface area contributed by atoms with Crippen LogP contribution in [0.15, 0.2) is 42.5 Å². The Morgan fingerprint density at radius 3 is 2.40 bits per heavy atom. The van der Waals surface area contributed by atoms with Crippen molar-refractivity contribution in [3.05, 3.63) is 53.6 Å². The number of anilines is 2. The number of hydrogen-bond acceptors (Lipinski definition) is 7. The summed E-state index contributed by atoms with van der Waals surface area (Å²) >= 11 is 0. The number of esters is 1. The molecule has 8 nitrogen and oxygen atoms in total. The average molecular weight is 482 g/mol. The first-order valence-corrected chi connectivity index (χ1v) is 12.1. The number of nitrogens with one attached hydrogen (secondary N) is 1. The summed E-state index contributed by atoms with van der Waals surface area (Å²) in [6.45, 7) is 11.3. The predicted octanol–water partition coefficient (Wildman–Crippen LogP) is 4.06. The van der Waals surface area contributed by atoms with Crippen molar-refractivity contribution in [2.24, 2.45) is 0 Å². The van der Waals surface area contributed by atoms with Crippen LogP contribution in [0.4, 0.5) is 11.4 Å². The highest BCUT2D eigenvalue weighted by Crippen LogP contribution is 2.30. The third kappa shape index (κ3) is 6.99. The zero-order chi connectivity index (χ0) is 25.2. The standard InChI is InChI=1S/C27H35N3O5/c1-5-29-14-16-30(17-15-29)23-11-10-21(27(32)35-7-3)19-22(23)28-26(31)13-9-20-8-12-24(34-6-2)25(18-20)33-4/h8-13,18-19H,5-7,14-17H2,1-4H3,(H,28,31)/b13-9+. The summed E-state index contributed by atoms with van der Waals surface area (Å²) in [6, 6.07) is 10.8. The number of ether oxygens (including phenoxy) is 3. The minimum absolute atomic E-state index is 0.287. The van der Waals surface area contributed by atoms with Gasteiger partial charge in [-0.15, -0.1) is 0 Å². The summed E-state index contributed by atoms with van der Waals surface area (Å²) < 4.78 is 16.1. The summed E-state index contributed by atoms with van der Waals surface area (Å²) in [5.74, 6) is 0.542. The summed E-state index contributed by atoms with van der Waals surface area (Å²) in [5, 5.41) is 2.96. The highest BCUT2D eigenvalue weighted by atomic mass is 16.5. The first-order valence-electron chi connectivity index (χ1n) is 12.1. The lowest BCUT2D eigenvalue weighted by atomic mass is 10.1. The second-order valence-electron chi connectivity index (χ2n) is 8.04. The Morgan fingerprint density at radius 1 is 0.971 bits per heavy atom. The maximum Gasteiger partial charge on any atom is 0.338 e. The molecule has 1 amide bonds. The second kappa shape index (κ2) is 12.8. The van der Waals surface area contributed by atoms with Crippen molar-refractivity contribution in [1.82, 2.24) is 4.90 Å². The van der Waals surface area contributed by atoms with Crippen LogP contribution in [-0.2, 0) is 9.53 Å². The largest absolute Gasteiger partial charge is 0.493 e. The molecule has 1 aliphatic heterocycles. The number of hydrogen-bond donors (Lipinski definition) is 1. The second-order valence-corrected chi connectivity index (χ2v) is 8.04. The van der Waals surface area contributed by atoms with E-state index in [1.54, 1.807) is 32.2 Å². The third-order valence-corrected chi connectivity index (χ3v) is 5.84. The van der Waals surface area contributed by atoms with Crippen LogP contribution in [0.2, 0.25) is 0 Å².